The maximum atomic E-state index is 11.3. The van der Waals surface area contributed by atoms with Crippen molar-refractivity contribution in [2.45, 2.75) is 57.6 Å². The van der Waals surface area contributed by atoms with E-state index >= 15 is 0 Å². The summed E-state index contributed by atoms with van der Waals surface area (Å²) in [4.78, 5) is 6.83. The summed E-state index contributed by atoms with van der Waals surface area (Å²) in [6.45, 7) is 5.22. The van der Waals surface area contributed by atoms with Crippen LogP contribution in [0.15, 0.2) is 12.3 Å². The molecule has 1 fully saturated rings. The van der Waals surface area contributed by atoms with Gasteiger partial charge in [0.25, 0.3) is 0 Å². The predicted octanol–water partition coefficient (Wildman–Crippen LogP) is 2.10. The maximum Gasteiger partial charge on any atom is 0.146 e. The van der Waals surface area contributed by atoms with Gasteiger partial charge < -0.3 is 10.0 Å². The van der Waals surface area contributed by atoms with E-state index in [0.29, 0.717) is 30.0 Å². The molecule has 1 aliphatic carbocycles. The summed E-state index contributed by atoms with van der Waals surface area (Å²) in [6, 6.07) is 4.47. The van der Waals surface area contributed by atoms with Gasteiger partial charge in [0.2, 0.25) is 0 Å². The van der Waals surface area contributed by atoms with Crippen LogP contribution in [-0.4, -0.2) is 38.2 Å². The van der Waals surface area contributed by atoms with Crippen LogP contribution in [0.2, 0.25) is 0 Å². The summed E-state index contributed by atoms with van der Waals surface area (Å²) in [7, 11) is 0. The average Bonchev–Trinajstić information content (AvgIpc) is 3.30. The predicted molar refractivity (Wildman–Crippen MR) is 96.7 cm³/mol. The molecule has 7 nitrogen and oxygen atoms in total. The van der Waals surface area contributed by atoms with Crippen LogP contribution in [-0.2, 0) is 18.4 Å². The van der Waals surface area contributed by atoms with Gasteiger partial charge in [-0.25, -0.2) is 9.67 Å². The Morgan fingerprint density at radius 1 is 1.31 bits per heavy atom. The van der Waals surface area contributed by atoms with Gasteiger partial charge in [0.15, 0.2) is 0 Å². The lowest BCUT2D eigenvalue weighted by Crippen LogP contribution is -2.47. The van der Waals surface area contributed by atoms with Gasteiger partial charge in [-0.3, -0.25) is 0 Å². The lowest BCUT2D eigenvalue weighted by Gasteiger charge is -2.39. The molecule has 1 atom stereocenters. The van der Waals surface area contributed by atoms with Gasteiger partial charge >= 0.3 is 0 Å². The highest BCUT2D eigenvalue weighted by molar-refractivity contribution is 5.57. The van der Waals surface area contributed by atoms with E-state index in [1.807, 2.05) is 31.0 Å². The number of hydrogen-bond donors (Lipinski definition) is 1. The van der Waals surface area contributed by atoms with Crippen molar-refractivity contribution in [1.82, 2.24) is 20.0 Å². The van der Waals surface area contributed by atoms with E-state index in [0.717, 1.165) is 37.9 Å². The topological polar surface area (TPSA) is 90.9 Å². The molecule has 0 aromatic carbocycles. The Labute approximate surface area is 153 Å². The average molecular weight is 352 g/mol. The maximum absolute atomic E-state index is 11.3. The van der Waals surface area contributed by atoms with Gasteiger partial charge in [0.05, 0.1) is 18.3 Å². The number of nitriles is 1. The quantitative estimate of drug-likeness (QED) is 0.910. The number of fused-ring (bicyclic) bond motifs is 1. The molecule has 0 bridgehead atoms. The fraction of sp³-hybridized carbons (Fsp3) is 0.579. The number of β-amino-alcohol motifs (C(OH)–C–C–N with tert-alkyl or cyclic N) is 1. The molecule has 7 heteroatoms. The molecule has 1 N–H and O–H groups in total. The molecule has 0 saturated carbocycles. The number of nitrogens with zero attached hydrogens (tertiary/aromatic N) is 6. The minimum atomic E-state index is -1.07. The second-order valence-corrected chi connectivity index (χ2v) is 7.66. The largest absolute Gasteiger partial charge is 0.382 e. The van der Waals surface area contributed by atoms with Gasteiger partial charge in [-0.1, -0.05) is 5.21 Å². The molecule has 26 heavy (non-hydrogen) atoms. The molecule has 2 aromatic rings. The highest BCUT2D eigenvalue weighted by Gasteiger charge is 2.39. The molecule has 136 valence electrons. The molecule has 1 aliphatic heterocycles. The molecule has 2 aliphatic rings. The Morgan fingerprint density at radius 2 is 2.15 bits per heavy atom. The molecule has 1 unspecified atom stereocenters. The summed E-state index contributed by atoms with van der Waals surface area (Å²) < 4.78 is 1.76. The summed E-state index contributed by atoms with van der Waals surface area (Å²) in [5.74, 6) is 0.697. The zero-order valence-corrected chi connectivity index (χ0v) is 15.3. The fourth-order valence-corrected chi connectivity index (χ4v) is 3.95. The molecular weight excluding hydrogens is 328 g/mol. The van der Waals surface area contributed by atoms with Crippen molar-refractivity contribution in [3.05, 3.63) is 34.8 Å². The van der Waals surface area contributed by atoms with Crippen molar-refractivity contribution in [3.63, 3.8) is 0 Å². The van der Waals surface area contributed by atoms with Crippen LogP contribution in [0.5, 0.6) is 0 Å². The van der Waals surface area contributed by atoms with Crippen LogP contribution in [0.1, 0.15) is 61.7 Å². The third kappa shape index (κ3) is 2.84. The van der Waals surface area contributed by atoms with Crippen molar-refractivity contribution in [2.24, 2.45) is 0 Å². The van der Waals surface area contributed by atoms with Gasteiger partial charge in [0.1, 0.15) is 23.2 Å². The standard InChI is InChI=1S/C19H24N6O/c1-13(2)25-11-17(22-23-25)19(26)7-4-8-24(12-19)18-15(10-20)9-14-5-3-6-16(14)21-18/h9,11,13,26H,3-8,12H2,1-2H3. The molecule has 0 amide bonds. The number of anilines is 1. The second kappa shape index (κ2) is 6.36. The fourth-order valence-electron chi connectivity index (χ4n) is 3.95. The van der Waals surface area contributed by atoms with E-state index in [9.17, 15) is 10.4 Å². The van der Waals surface area contributed by atoms with Gasteiger partial charge in [-0.05, 0) is 57.6 Å². The minimum Gasteiger partial charge on any atom is -0.382 e. The number of pyridine rings is 1. The number of aromatic nitrogens is 4. The molecule has 1 saturated heterocycles. The van der Waals surface area contributed by atoms with Crippen LogP contribution in [0, 0.1) is 11.3 Å². The Morgan fingerprint density at radius 3 is 2.88 bits per heavy atom. The number of aliphatic hydroxyl groups is 1. The van der Waals surface area contributed by atoms with Crippen molar-refractivity contribution in [3.8, 4) is 6.07 Å². The van der Waals surface area contributed by atoms with Gasteiger partial charge in [-0.15, -0.1) is 5.10 Å². The van der Waals surface area contributed by atoms with E-state index in [1.165, 1.54) is 5.56 Å². The Hall–Kier alpha value is -2.46. The normalized spacial score (nSPS) is 22.5. The summed E-state index contributed by atoms with van der Waals surface area (Å²) in [5, 5.41) is 29.2. The van der Waals surface area contributed by atoms with Crippen molar-refractivity contribution in [1.29, 1.82) is 5.26 Å². The summed E-state index contributed by atoms with van der Waals surface area (Å²) in [5.41, 5.74) is 2.41. The first-order valence-electron chi connectivity index (χ1n) is 9.33. The van der Waals surface area contributed by atoms with Gasteiger partial charge in [-0.2, -0.15) is 5.26 Å². The zero-order valence-electron chi connectivity index (χ0n) is 15.3. The lowest BCUT2D eigenvalue weighted by atomic mass is 9.89. The van der Waals surface area contributed by atoms with Crippen LogP contribution in [0.25, 0.3) is 0 Å². The van der Waals surface area contributed by atoms with Crippen LogP contribution >= 0.6 is 0 Å². The summed E-state index contributed by atoms with van der Waals surface area (Å²) in [6.07, 6.45) is 6.34. The van der Waals surface area contributed by atoms with Gasteiger partial charge in [0, 0.05) is 18.3 Å². The SMILES string of the molecule is CC(C)n1cc(C2(O)CCCN(c3nc4c(cc3C#N)CCC4)C2)nn1. The second-order valence-electron chi connectivity index (χ2n) is 7.66. The number of piperidine rings is 1. The Kier molecular flexibility index (Phi) is 4.16. The van der Waals surface area contributed by atoms with Crippen LogP contribution in [0.4, 0.5) is 5.82 Å². The van der Waals surface area contributed by atoms with Crippen LogP contribution < -0.4 is 4.90 Å². The first-order chi connectivity index (χ1) is 12.5. The molecule has 4 rings (SSSR count). The highest BCUT2D eigenvalue weighted by Crippen LogP contribution is 2.35. The third-order valence-corrected chi connectivity index (χ3v) is 5.44. The van der Waals surface area contributed by atoms with Crippen molar-refractivity contribution < 1.29 is 5.11 Å². The molecule has 0 spiro atoms. The first kappa shape index (κ1) is 17.0. The van der Waals surface area contributed by atoms with Crippen LogP contribution in [0.3, 0.4) is 0 Å². The third-order valence-electron chi connectivity index (χ3n) is 5.44. The monoisotopic (exact) mass is 352 g/mol. The van der Waals surface area contributed by atoms with E-state index in [2.05, 4.69) is 16.4 Å². The zero-order chi connectivity index (χ0) is 18.3. The first-order valence-corrected chi connectivity index (χ1v) is 9.33. The molecule has 3 heterocycles. The number of rotatable bonds is 3. The summed E-state index contributed by atoms with van der Waals surface area (Å²) >= 11 is 0. The van der Waals surface area contributed by atoms with Crippen molar-refractivity contribution in [2.75, 3.05) is 18.0 Å². The van der Waals surface area contributed by atoms with E-state index < -0.39 is 5.60 Å². The number of aryl methyl sites for hydroxylation is 2. The Bertz CT molecular complexity index is 867. The van der Waals surface area contributed by atoms with E-state index in [4.69, 9.17) is 4.98 Å². The van der Waals surface area contributed by atoms with Crippen molar-refractivity contribution >= 4 is 5.82 Å². The Balaban J connectivity index is 1.65. The molecular formula is C19H24N6O. The number of hydrogen-bond acceptors (Lipinski definition) is 6. The lowest BCUT2D eigenvalue weighted by molar-refractivity contribution is 0.0174. The highest BCUT2D eigenvalue weighted by atomic mass is 16.3. The minimum absolute atomic E-state index is 0.197. The smallest absolute Gasteiger partial charge is 0.146 e. The van der Waals surface area contributed by atoms with E-state index in [1.54, 1.807) is 4.68 Å². The van der Waals surface area contributed by atoms with E-state index in [-0.39, 0.29) is 6.04 Å². The molecule has 0 radical (unpaired) electrons. The molecule has 2 aromatic heterocycles.